The van der Waals surface area contributed by atoms with Crippen LogP contribution in [0, 0.1) is 6.92 Å². The highest BCUT2D eigenvalue weighted by Gasteiger charge is 2.24. The standard InChI is InChI=1S/C24H22N4O3/c1-15-12-21-22(26-13-15)28(20-10-11-25-14-20)24(31)27(21)19-8-6-17(7-9-19)16-2-4-18(5-3-16)23(29)30/h2-9,12-13,20,25H,10-11,14H2,1H3,(H,29,30). The molecule has 1 aliphatic heterocycles. The molecule has 0 spiro atoms. The predicted molar refractivity (Wildman–Crippen MR) is 119 cm³/mol. The Balaban J connectivity index is 1.59. The number of carbonyl (C=O) groups is 1. The van der Waals surface area contributed by atoms with Crippen LogP contribution in [0.1, 0.15) is 28.4 Å². The van der Waals surface area contributed by atoms with Gasteiger partial charge in [-0.05, 0) is 66.9 Å². The summed E-state index contributed by atoms with van der Waals surface area (Å²) in [4.78, 5) is 29.1. The van der Waals surface area contributed by atoms with Crippen molar-refractivity contribution in [3.05, 3.63) is 82.4 Å². The highest BCUT2D eigenvalue weighted by molar-refractivity contribution is 5.88. The van der Waals surface area contributed by atoms with Crippen molar-refractivity contribution in [2.24, 2.45) is 0 Å². The molecule has 2 aromatic carbocycles. The van der Waals surface area contributed by atoms with Crippen LogP contribution in [0.5, 0.6) is 0 Å². The smallest absolute Gasteiger partial charge is 0.335 e. The fraction of sp³-hybridized carbons (Fsp3) is 0.208. The van der Waals surface area contributed by atoms with Crippen molar-refractivity contribution in [1.29, 1.82) is 0 Å². The Kier molecular flexibility index (Phi) is 4.67. The first-order valence-corrected chi connectivity index (χ1v) is 10.3. The van der Waals surface area contributed by atoms with Gasteiger partial charge in [0.25, 0.3) is 0 Å². The third-order valence-corrected chi connectivity index (χ3v) is 5.84. The van der Waals surface area contributed by atoms with E-state index >= 15 is 0 Å². The van der Waals surface area contributed by atoms with Crippen LogP contribution in [0.3, 0.4) is 0 Å². The normalized spacial score (nSPS) is 16.1. The topological polar surface area (TPSA) is 89.2 Å². The molecular formula is C24H22N4O3. The summed E-state index contributed by atoms with van der Waals surface area (Å²) in [5, 5.41) is 12.4. The van der Waals surface area contributed by atoms with Gasteiger partial charge in [0.2, 0.25) is 0 Å². The second-order valence-electron chi connectivity index (χ2n) is 7.92. The van der Waals surface area contributed by atoms with Crippen molar-refractivity contribution in [3.63, 3.8) is 0 Å². The number of rotatable bonds is 4. The molecule has 0 saturated carbocycles. The number of aryl methyl sites for hydroxylation is 1. The van der Waals surface area contributed by atoms with E-state index in [-0.39, 0.29) is 17.3 Å². The average molecular weight is 414 g/mol. The van der Waals surface area contributed by atoms with E-state index in [9.17, 15) is 9.59 Å². The largest absolute Gasteiger partial charge is 0.478 e. The number of imidazole rings is 1. The van der Waals surface area contributed by atoms with Gasteiger partial charge < -0.3 is 10.4 Å². The summed E-state index contributed by atoms with van der Waals surface area (Å²) in [7, 11) is 0. The number of hydrogen-bond donors (Lipinski definition) is 2. The van der Waals surface area contributed by atoms with Crippen molar-refractivity contribution in [3.8, 4) is 16.8 Å². The SMILES string of the molecule is Cc1cnc2c(c1)n(-c1ccc(-c3ccc(C(=O)O)cc3)cc1)c(=O)n2C1CCNC1. The van der Waals surface area contributed by atoms with Crippen molar-refractivity contribution >= 4 is 17.1 Å². The monoisotopic (exact) mass is 414 g/mol. The van der Waals surface area contributed by atoms with Gasteiger partial charge >= 0.3 is 11.7 Å². The van der Waals surface area contributed by atoms with E-state index in [0.29, 0.717) is 5.65 Å². The third kappa shape index (κ3) is 3.33. The van der Waals surface area contributed by atoms with Crippen LogP contribution >= 0.6 is 0 Å². The molecule has 2 N–H and O–H groups in total. The highest BCUT2D eigenvalue weighted by Crippen LogP contribution is 2.25. The zero-order chi connectivity index (χ0) is 21.5. The summed E-state index contributed by atoms with van der Waals surface area (Å²) in [6.45, 7) is 3.63. The minimum absolute atomic E-state index is 0.0830. The van der Waals surface area contributed by atoms with Gasteiger partial charge in [-0.15, -0.1) is 0 Å². The number of aromatic carboxylic acids is 1. The van der Waals surface area contributed by atoms with Crippen LogP contribution in [0.2, 0.25) is 0 Å². The Morgan fingerprint density at radius 1 is 1.10 bits per heavy atom. The molecule has 1 saturated heterocycles. The maximum atomic E-state index is 13.4. The minimum Gasteiger partial charge on any atom is -0.478 e. The van der Waals surface area contributed by atoms with Gasteiger partial charge in [0.1, 0.15) is 0 Å². The van der Waals surface area contributed by atoms with Gasteiger partial charge in [-0.25, -0.2) is 14.6 Å². The maximum absolute atomic E-state index is 13.4. The van der Waals surface area contributed by atoms with Crippen LogP contribution in [-0.2, 0) is 0 Å². The number of nitrogens with zero attached hydrogens (tertiary/aromatic N) is 3. The molecule has 0 bridgehead atoms. The molecule has 0 radical (unpaired) electrons. The lowest BCUT2D eigenvalue weighted by Gasteiger charge is -2.09. The highest BCUT2D eigenvalue weighted by atomic mass is 16.4. The number of nitrogens with one attached hydrogen (secondary N) is 1. The van der Waals surface area contributed by atoms with Crippen molar-refractivity contribution in [2.75, 3.05) is 13.1 Å². The lowest BCUT2D eigenvalue weighted by atomic mass is 10.0. The molecule has 31 heavy (non-hydrogen) atoms. The zero-order valence-electron chi connectivity index (χ0n) is 17.1. The first-order chi connectivity index (χ1) is 15.0. The van der Waals surface area contributed by atoms with Gasteiger partial charge in [0.05, 0.1) is 22.8 Å². The van der Waals surface area contributed by atoms with Crippen molar-refractivity contribution in [1.82, 2.24) is 19.4 Å². The molecule has 1 fully saturated rings. The van der Waals surface area contributed by atoms with E-state index in [2.05, 4.69) is 10.3 Å². The first kappa shape index (κ1) is 19.3. The molecule has 4 aromatic rings. The Morgan fingerprint density at radius 2 is 1.77 bits per heavy atom. The Hall–Kier alpha value is -3.71. The summed E-state index contributed by atoms with van der Waals surface area (Å²) in [5.41, 5.74) is 5.32. The molecule has 2 aromatic heterocycles. The maximum Gasteiger partial charge on any atom is 0.335 e. The van der Waals surface area contributed by atoms with Crippen LogP contribution in [0.15, 0.2) is 65.6 Å². The molecule has 5 rings (SSSR count). The van der Waals surface area contributed by atoms with Crippen molar-refractivity contribution in [2.45, 2.75) is 19.4 Å². The number of hydrogen-bond acceptors (Lipinski definition) is 4. The van der Waals surface area contributed by atoms with Crippen molar-refractivity contribution < 1.29 is 9.90 Å². The zero-order valence-corrected chi connectivity index (χ0v) is 17.1. The molecule has 0 amide bonds. The second kappa shape index (κ2) is 7.52. The average Bonchev–Trinajstić information content (AvgIpc) is 3.39. The summed E-state index contributed by atoms with van der Waals surface area (Å²) >= 11 is 0. The molecule has 0 aliphatic carbocycles. The second-order valence-corrected chi connectivity index (χ2v) is 7.92. The molecular weight excluding hydrogens is 392 g/mol. The molecule has 7 heteroatoms. The number of pyridine rings is 1. The van der Waals surface area contributed by atoms with Gasteiger partial charge in [-0.2, -0.15) is 0 Å². The van der Waals surface area contributed by atoms with Crippen LogP contribution in [-0.4, -0.2) is 38.3 Å². The van der Waals surface area contributed by atoms with E-state index < -0.39 is 5.97 Å². The quantitative estimate of drug-likeness (QED) is 0.534. The predicted octanol–water partition coefficient (Wildman–Crippen LogP) is 3.40. The first-order valence-electron chi connectivity index (χ1n) is 10.3. The summed E-state index contributed by atoms with van der Waals surface area (Å²) in [6.07, 6.45) is 2.70. The van der Waals surface area contributed by atoms with E-state index in [0.717, 1.165) is 47.4 Å². The van der Waals surface area contributed by atoms with E-state index in [1.54, 1.807) is 35.0 Å². The summed E-state index contributed by atoms with van der Waals surface area (Å²) in [5.74, 6) is -0.945. The molecule has 1 aliphatic rings. The van der Waals surface area contributed by atoms with Crippen LogP contribution < -0.4 is 11.0 Å². The fourth-order valence-corrected chi connectivity index (χ4v) is 4.24. The molecule has 1 atom stereocenters. The molecule has 1 unspecified atom stereocenters. The molecule has 7 nitrogen and oxygen atoms in total. The Bertz CT molecular complexity index is 1330. The lowest BCUT2D eigenvalue weighted by molar-refractivity contribution is 0.0697. The van der Waals surface area contributed by atoms with E-state index in [1.165, 1.54) is 0 Å². The van der Waals surface area contributed by atoms with Gasteiger partial charge in [0.15, 0.2) is 5.65 Å². The summed E-state index contributed by atoms with van der Waals surface area (Å²) < 4.78 is 3.54. The number of aromatic nitrogens is 3. The van der Waals surface area contributed by atoms with E-state index in [1.807, 2.05) is 41.8 Å². The molecule has 156 valence electrons. The third-order valence-electron chi connectivity index (χ3n) is 5.84. The summed E-state index contributed by atoms with van der Waals surface area (Å²) in [6, 6.07) is 16.6. The number of carboxylic acid groups (broad SMARTS) is 1. The number of fused-ring (bicyclic) bond motifs is 1. The fourth-order valence-electron chi connectivity index (χ4n) is 4.24. The number of carboxylic acids is 1. The van der Waals surface area contributed by atoms with Gasteiger partial charge in [-0.1, -0.05) is 24.3 Å². The Morgan fingerprint density at radius 3 is 2.39 bits per heavy atom. The van der Waals surface area contributed by atoms with Crippen LogP contribution in [0.4, 0.5) is 0 Å². The van der Waals surface area contributed by atoms with Crippen LogP contribution in [0.25, 0.3) is 28.0 Å². The molecule has 3 heterocycles. The minimum atomic E-state index is -0.945. The number of benzene rings is 2. The Labute approximate surface area is 178 Å². The van der Waals surface area contributed by atoms with Gasteiger partial charge in [0, 0.05) is 12.7 Å². The van der Waals surface area contributed by atoms with Gasteiger partial charge in [-0.3, -0.25) is 9.13 Å². The van der Waals surface area contributed by atoms with E-state index in [4.69, 9.17) is 5.11 Å². The lowest BCUT2D eigenvalue weighted by Crippen LogP contribution is -2.28.